The maximum Gasteiger partial charge on any atom is 0.273 e. The van der Waals surface area contributed by atoms with Crippen molar-refractivity contribution in [1.82, 2.24) is 4.90 Å². The van der Waals surface area contributed by atoms with Gasteiger partial charge >= 0.3 is 0 Å². The van der Waals surface area contributed by atoms with E-state index in [0.717, 1.165) is 6.07 Å². The number of nitrogens with one attached hydrogen (secondary N) is 1. The van der Waals surface area contributed by atoms with Crippen LogP contribution in [0.5, 0.6) is 5.75 Å². The first-order valence-electron chi connectivity index (χ1n) is 7.36. The average molecular weight is 342 g/mol. The molecule has 0 radical (unpaired) electrons. The fourth-order valence-corrected chi connectivity index (χ4v) is 2.68. The van der Waals surface area contributed by atoms with Crippen LogP contribution in [-0.2, 0) is 9.59 Å². The molecule has 1 aromatic rings. The Kier molecular flexibility index (Phi) is 3.84. The third-order valence-electron chi connectivity index (χ3n) is 4.03. The van der Waals surface area contributed by atoms with Gasteiger partial charge in [0, 0.05) is 12.3 Å². The van der Waals surface area contributed by atoms with Crippen molar-refractivity contribution in [2.75, 3.05) is 5.32 Å². The Morgan fingerprint density at radius 3 is 2.88 bits per heavy atom. The van der Waals surface area contributed by atoms with Gasteiger partial charge in [-0.1, -0.05) is 6.08 Å². The zero-order valence-electron chi connectivity index (χ0n) is 13.2. The molecule has 2 amide bonds. The normalized spacial score (nSPS) is 21.6. The van der Waals surface area contributed by atoms with Crippen molar-refractivity contribution < 1.29 is 19.6 Å². The summed E-state index contributed by atoms with van der Waals surface area (Å²) >= 11 is 0. The number of aliphatic imine (C=N–C) groups is 1. The Labute approximate surface area is 142 Å². The number of aromatic hydroxyl groups is 1. The van der Waals surface area contributed by atoms with Crippen molar-refractivity contribution in [3.05, 3.63) is 52.7 Å². The van der Waals surface area contributed by atoms with Gasteiger partial charge in [0.05, 0.1) is 23.1 Å². The van der Waals surface area contributed by atoms with Gasteiger partial charge in [-0.15, -0.1) is 0 Å². The minimum absolute atomic E-state index is 0.0184. The Morgan fingerprint density at radius 2 is 2.20 bits per heavy atom. The molecule has 0 aliphatic carbocycles. The van der Waals surface area contributed by atoms with Gasteiger partial charge in [-0.25, -0.2) is 0 Å². The van der Waals surface area contributed by atoms with Crippen molar-refractivity contribution in [3.63, 3.8) is 0 Å². The molecule has 0 bridgehead atoms. The summed E-state index contributed by atoms with van der Waals surface area (Å²) in [5.41, 5.74) is -1.53. The molecule has 2 aliphatic rings. The van der Waals surface area contributed by atoms with Gasteiger partial charge < -0.3 is 15.3 Å². The number of non-ortho nitro benzene ring substituents is 1. The van der Waals surface area contributed by atoms with Gasteiger partial charge in [0.25, 0.3) is 17.5 Å². The lowest BCUT2D eigenvalue weighted by Crippen LogP contribution is -2.58. The second-order valence-corrected chi connectivity index (χ2v) is 5.80. The fourth-order valence-electron chi connectivity index (χ4n) is 2.68. The highest BCUT2D eigenvalue weighted by Crippen LogP contribution is 2.32. The number of fused-ring (bicyclic) bond motifs is 1. The van der Waals surface area contributed by atoms with E-state index in [0.29, 0.717) is 5.84 Å². The monoisotopic (exact) mass is 342 g/mol. The van der Waals surface area contributed by atoms with E-state index in [1.54, 1.807) is 36.3 Å². The van der Waals surface area contributed by atoms with Crippen LogP contribution in [-0.4, -0.2) is 38.1 Å². The quantitative estimate of drug-likeness (QED) is 0.489. The van der Waals surface area contributed by atoms with Crippen LogP contribution in [0, 0.1) is 10.1 Å². The number of allylic oxidation sites excluding steroid dienone is 2. The van der Waals surface area contributed by atoms with Gasteiger partial charge in [-0.3, -0.25) is 19.7 Å². The molecule has 3 rings (SSSR count). The number of nitro benzene ring substituents is 1. The summed E-state index contributed by atoms with van der Waals surface area (Å²) < 4.78 is 0. The summed E-state index contributed by atoms with van der Waals surface area (Å²) in [6, 6.07) is 3.35. The Bertz CT molecular complexity index is 873. The minimum atomic E-state index is -1.25. The van der Waals surface area contributed by atoms with Crippen LogP contribution < -0.4 is 5.32 Å². The summed E-state index contributed by atoms with van der Waals surface area (Å²) in [6.45, 7) is 1.58. The van der Waals surface area contributed by atoms with E-state index < -0.39 is 28.0 Å². The Morgan fingerprint density at radius 1 is 1.44 bits per heavy atom. The molecule has 0 spiro atoms. The number of benzene rings is 1. The predicted molar refractivity (Wildman–Crippen MR) is 89.0 cm³/mol. The molecule has 0 fully saturated rings. The number of nitro groups is 1. The molecular weight excluding hydrogens is 328 g/mol. The highest BCUT2D eigenvalue weighted by molar-refractivity contribution is 6.12. The highest BCUT2D eigenvalue weighted by atomic mass is 16.6. The molecule has 1 unspecified atom stereocenters. The Hall–Kier alpha value is -3.49. The van der Waals surface area contributed by atoms with Gasteiger partial charge in [0.15, 0.2) is 0 Å². The lowest BCUT2D eigenvalue weighted by atomic mass is 9.91. The lowest BCUT2D eigenvalue weighted by molar-refractivity contribution is -0.384. The number of hydrogen-bond donors (Lipinski definition) is 2. The molecule has 0 saturated carbocycles. The third-order valence-corrected chi connectivity index (χ3v) is 4.03. The summed E-state index contributed by atoms with van der Waals surface area (Å²) in [7, 11) is 0. The number of carbonyl (C=O) groups excluding carboxylic acids is 2. The number of anilines is 1. The zero-order chi connectivity index (χ0) is 18.2. The molecule has 1 aromatic carbocycles. The predicted octanol–water partition coefficient (Wildman–Crippen LogP) is 1.71. The number of rotatable bonds is 3. The molecule has 2 heterocycles. The molecular formula is C16H14N4O5. The molecule has 2 aliphatic heterocycles. The van der Waals surface area contributed by atoms with Crippen LogP contribution >= 0.6 is 0 Å². The molecule has 1 atom stereocenters. The van der Waals surface area contributed by atoms with Crippen LogP contribution in [0.25, 0.3) is 0 Å². The Balaban J connectivity index is 1.89. The second-order valence-electron chi connectivity index (χ2n) is 5.80. The lowest BCUT2D eigenvalue weighted by Gasteiger charge is -2.41. The number of amidine groups is 1. The second kappa shape index (κ2) is 5.86. The molecule has 9 nitrogen and oxygen atoms in total. The van der Waals surface area contributed by atoms with E-state index in [1.807, 2.05) is 0 Å². The van der Waals surface area contributed by atoms with E-state index in [9.17, 15) is 24.8 Å². The van der Waals surface area contributed by atoms with Gasteiger partial charge in [-0.05, 0) is 25.1 Å². The molecule has 128 valence electrons. The highest BCUT2D eigenvalue weighted by Gasteiger charge is 2.45. The van der Waals surface area contributed by atoms with E-state index in [1.165, 1.54) is 12.1 Å². The first-order valence-corrected chi connectivity index (χ1v) is 7.36. The van der Waals surface area contributed by atoms with Crippen molar-refractivity contribution in [3.8, 4) is 5.75 Å². The van der Waals surface area contributed by atoms with Crippen LogP contribution in [0.2, 0.25) is 0 Å². The molecule has 25 heavy (non-hydrogen) atoms. The van der Waals surface area contributed by atoms with Gasteiger partial charge in [0.1, 0.15) is 17.1 Å². The number of carbonyl (C=O) groups is 2. The van der Waals surface area contributed by atoms with Crippen LogP contribution in [0.3, 0.4) is 0 Å². The minimum Gasteiger partial charge on any atom is -0.506 e. The zero-order valence-corrected chi connectivity index (χ0v) is 13.2. The molecule has 2 N–H and O–H groups in total. The van der Waals surface area contributed by atoms with Crippen molar-refractivity contribution >= 4 is 29.0 Å². The van der Waals surface area contributed by atoms with Gasteiger partial charge in [0.2, 0.25) is 0 Å². The van der Waals surface area contributed by atoms with E-state index in [2.05, 4.69) is 10.3 Å². The summed E-state index contributed by atoms with van der Waals surface area (Å²) in [6.07, 6.45) is 6.53. The van der Waals surface area contributed by atoms with Crippen LogP contribution in [0.4, 0.5) is 11.4 Å². The van der Waals surface area contributed by atoms with E-state index in [4.69, 9.17) is 0 Å². The first-order chi connectivity index (χ1) is 11.8. The smallest absolute Gasteiger partial charge is 0.273 e. The standard InChI is InChI=1S/C16H14N4O5/c1-16(9-14(22)18-13-4-2-3-7-19(13)16)15(23)17-11-6-5-10(20(24)25)8-12(11)21/h2-8,21H,9H2,1H3,(H,17,23). The number of amides is 2. The SMILES string of the molecule is CC1(C(=O)Nc2ccc([N+](=O)[O-])cc2O)CC(=O)N=C2C=CC=CN21. The maximum atomic E-state index is 12.8. The van der Waals surface area contributed by atoms with Crippen LogP contribution in [0.1, 0.15) is 13.3 Å². The summed E-state index contributed by atoms with van der Waals surface area (Å²) in [5.74, 6) is -1.06. The topological polar surface area (TPSA) is 125 Å². The van der Waals surface area contributed by atoms with Gasteiger partial charge in [-0.2, -0.15) is 4.99 Å². The van der Waals surface area contributed by atoms with Crippen molar-refractivity contribution in [2.24, 2.45) is 4.99 Å². The first kappa shape index (κ1) is 16.4. The number of phenols is 1. The van der Waals surface area contributed by atoms with Crippen molar-refractivity contribution in [2.45, 2.75) is 18.9 Å². The summed E-state index contributed by atoms with van der Waals surface area (Å²) in [5, 5.41) is 23.1. The van der Waals surface area contributed by atoms with Crippen LogP contribution in [0.15, 0.2) is 47.6 Å². The van der Waals surface area contributed by atoms with Crippen molar-refractivity contribution in [1.29, 1.82) is 0 Å². The number of hydrogen-bond acceptors (Lipinski definition) is 6. The largest absolute Gasteiger partial charge is 0.506 e. The molecule has 9 heteroatoms. The maximum absolute atomic E-state index is 12.8. The number of nitrogens with zero attached hydrogens (tertiary/aromatic N) is 3. The van der Waals surface area contributed by atoms with E-state index in [-0.39, 0.29) is 17.8 Å². The summed E-state index contributed by atoms with van der Waals surface area (Å²) in [4.78, 5) is 40.2. The average Bonchev–Trinajstić information content (AvgIpc) is 2.56. The molecule has 0 aromatic heterocycles. The van der Waals surface area contributed by atoms with E-state index >= 15 is 0 Å². The molecule has 0 saturated heterocycles. The fraction of sp³-hybridized carbons (Fsp3) is 0.188. The number of phenolic OH excluding ortho intramolecular Hbond substituents is 1. The third kappa shape index (κ3) is 2.87.